The van der Waals surface area contributed by atoms with Crippen molar-refractivity contribution in [2.24, 2.45) is 0 Å². The lowest BCUT2D eigenvalue weighted by Gasteiger charge is -2.10. The summed E-state index contributed by atoms with van der Waals surface area (Å²) in [6, 6.07) is -0.0116. The molecule has 7 heteroatoms. The van der Waals surface area contributed by atoms with E-state index in [1.807, 2.05) is 12.3 Å². The molecular formula is C9H11N5OS. The molecule has 0 radical (unpaired) electrons. The number of carbonyl (C=O) groups excluding carboxylic acids is 1. The van der Waals surface area contributed by atoms with E-state index in [-0.39, 0.29) is 11.9 Å². The molecule has 0 spiro atoms. The van der Waals surface area contributed by atoms with Crippen molar-refractivity contribution in [2.45, 2.75) is 19.4 Å². The van der Waals surface area contributed by atoms with Crippen molar-refractivity contribution in [1.29, 1.82) is 0 Å². The smallest absolute Gasteiger partial charge is 0.228 e. The molecule has 2 heterocycles. The van der Waals surface area contributed by atoms with E-state index >= 15 is 0 Å². The average Bonchev–Trinajstić information content (AvgIpc) is 2.88. The summed E-state index contributed by atoms with van der Waals surface area (Å²) in [7, 11) is 0. The Morgan fingerprint density at radius 3 is 3.19 bits per heavy atom. The lowest BCUT2D eigenvalue weighted by atomic mass is 10.2. The number of hydrogen-bond donors (Lipinski definition) is 1. The highest BCUT2D eigenvalue weighted by atomic mass is 32.1. The number of nitrogens with zero attached hydrogens (tertiary/aromatic N) is 4. The van der Waals surface area contributed by atoms with Crippen LogP contribution in [0, 0.1) is 0 Å². The minimum absolute atomic E-state index is 0.0116. The number of thiazole rings is 1. The third kappa shape index (κ3) is 2.63. The quantitative estimate of drug-likeness (QED) is 0.870. The average molecular weight is 237 g/mol. The first-order valence-electron chi connectivity index (χ1n) is 4.79. The number of anilines is 1. The van der Waals surface area contributed by atoms with Crippen LogP contribution < -0.4 is 5.32 Å². The fourth-order valence-electron chi connectivity index (χ4n) is 1.26. The van der Waals surface area contributed by atoms with Crippen molar-refractivity contribution in [1.82, 2.24) is 19.7 Å². The molecule has 1 unspecified atom stereocenters. The largest absolute Gasteiger partial charge is 0.302 e. The van der Waals surface area contributed by atoms with E-state index < -0.39 is 0 Å². The van der Waals surface area contributed by atoms with E-state index in [1.165, 1.54) is 17.7 Å². The number of amides is 1. The van der Waals surface area contributed by atoms with Crippen molar-refractivity contribution in [2.75, 3.05) is 5.32 Å². The van der Waals surface area contributed by atoms with Gasteiger partial charge in [-0.05, 0) is 6.92 Å². The van der Waals surface area contributed by atoms with Gasteiger partial charge in [-0.25, -0.2) is 14.6 Å². The molecule has 0 aliphatic carbocycles. The van der Waals surface area contributed by atoms with Crippen LogP contribution in [0.5, 0.6) is 0 Å². The Labute approximate surface area is 96.3 Å². The standard InChI is InChI=1S/C9H11N5OS/c1-7(14-6-10-5-12-14)4-8(15)13-9-11-2-3-16-9/h2-3,5-7H,4H2,1H3,(H,11,13,15). The van der Waals surface area contributed by atoms with E-state index in [4.69, 9.17) is 0 Å². The predicted octanol–water partition coefficient (Wildman–Crippen LogP) is 1.32. The van der Waals surface area contributed by atoms with Crippen molar-refractivity contribution >= 4 is 22.4 Å². The Hall–Kier alpha value is -1.76. The van der Waals surface area contributed by atoms with Crippen LogP contribution in [0.4, 0.5) is 5.13 Å². The molecule has 2 aromatic rings. The molecule has 0 aliphatic rings. The molecule has 0 saturated heterocycles. The molecule has 16 heavy (non-hydrogen) atoms. The highest BCUT2D eigenvalue weighted by Gasteiger charge is 2.11. The van der Waals surface area contributed by atoms with Gasteiger partial charge in [0.15, 0.2) is 5.13 Å². The van der Waals surface area contributed by atoms with Crippen LogP contribution in [0.15, 0.2) is 24.2 Å². The molecule has 2 aromatic heterocycles. The molecule has 84 valence electrons. The zero-order chi connectivity index (χ0) is 11.4. The van der Waals surface area contributed by atoms with Crippen LogP contribution in [-0.4, -0.2) is 25.7 Å². The number of nitrogens with one attached hydrogen (secondary N) is 1. The zero-order valence-corrected chi connectivity index (χ0v) is 9.52. The maximum Gasteiger partial charge on any atom is 0.228 e. The Morgan fingerprint density at radius 1 is 1.69 bits per heavy atom. The molecular weight excluding hydrogens is 226 g/mol. The van der Waals surface area contributed by atoms with Crippen molar-refractivity contribution in [3.63, 3.8) is 0 Å². The molecule has 0 saturated carbocycles. The van der Waals surface area contributed by atoms with Crippen LogP contribution >= 0.6 is 11.3 Å². The van der Waals surface area contributed by atoms with Gasteiger partial charge in [0.05, 0.1) is 6.04 Å². The summed E-state index contributed by atoms with van der Waals surface area (Å²) in [6.45, 7) is 1.91. The Morgan fingerprint density at radius 2 is 2.56 bits per heavy atom. The van der Waals surface area contributed by atoms with Gasteiger partial charge >= 0.3 is 0 Å². The second-order valence-corrected chi connectivity index (χ2v) is 4.21. The summed E-state index contributed by atoms with van der Waals surface area (Å²) in [4.78, 5) is 19.4. The number of hydrogen-bond acceptors (Lipinski definition) is 5. The van der Waals surface area contributed by atoms with Gasteiger partial charge in [0.2, 0.25) is 5.91 Å². The first-order valence-corrected chi connectivity index (χ1v) is 5.67. The Kier molecular flexibility index (Phi) is 3.25. The van der Waals surface area contributed by atoms with Gasteiger partial charge in [0, 0.05) is 18.0 Å². The second-order valence-electron chi connectivity index (χ2n) is 3.31. The minimum Gasteiger partial charge on any atom is -0.302 e. The zero-order valence-electron chi connectivity index (χ0n) is 8.70. The van der Waals surface area contributed by atoms with Gasteiger partial charge in [0.1, 0.15) is 12.7 Å². The monoisotopic (exact) mass is 237 g/mol. The summed E-state index contributed by atoms with van der Waals surface area (Å²) < 4.78 is 1.65. The van der Waals surface area contributed by atoms with Crippen LogP contribution in [0.3, 0.4) is 0 Å². The van der Waals surface area contributed by atoms with Crippen LogP contribution in [0.1, 0.15) is 19.4 Å². The molecule has 1 amide bonds. The van der Waals surface area contributed by atoms with Crippen LogP contribution in [0.2, 0.25) is 0 Å². The van der Waals surface area contributed by atoms with Crippen LogP contribution in [0.25, 0.3) is 0 Å². The van der Waals surface area contributed by atoms with Crippen molar-refractivity contribution in [3.05, 3.63) is 24.2 Å². The molecule has 0 aromatic carbocycles. The SMILES string of the molecule is CC(CC(=O)Nc1nccs1)n1cncn1. The lowest BCUT2D eigenvalue weighted by Crippen LogP contribution is -2.17. The fraction of sp³-hybridized carbons (Fsp3) is 0.333. The van der Waals surface area contributed by atoms with E-state index in [9.17, 15) is 4.79 Å². The maximum atomic E-state index is 11.6. The van der Waals surface area contributed by atoms with Crippen molar-refractivity contribution in [3.8, 4) is 0 Å². The summed E-state index contributed by atoms with van der Waals surface area (Å²) in [5, 5.41) is 9.14. The van der Waals surface area contributed by atoms with E-state index in [1.54, 1.807) is 17.2 Å². The highest BCUT2D eigenvalue weighted by Crippen LogP contribution is 2.13. The van der Waals surface area contributed by atoms with Gasteiger partial charge in [-0.1, -0.05) is 0 Å². The Balaban J connectivity index is 1.88. The third-order valence-corrected chi connectivity index (χ3v) is 2.74. The number of rotatable bonds is 4. The van der Waals surface area contributed by atoms with Gasteiger partial charge in [-0.2, -0.15) is 5.10 Å². The van der Waals surface area contributed by atoms with Gasteiger partial charge in [-0.3, -0.25) is 4.79 Å². The molecule has 1 N–H and O–H groups in total. The molecule has 6 nitrogen and oxygen atoms in total. The van der Waals surface area contributed by atoms with Gasteiger partial charge < -0.3 is 5.32 Å². The summed E-state index contributed by atoms with van der Waals surface area (Å²) in [5.74, 6) is -0.0713. The molecule has 1 atom stereocenters. The summed E-state index contributed by atoms with van der Waals surface area (Å²) in [5.41, 5.74) is 0. The second kappa shape index (κ2) is 4.84. The van der Waals surface area contributed by atoms with Crippen LogP contribution in [-0.2, 0) is 4.79 Å². The minimum atomic E-state index is -0.0713. The molecule has 0 fully saturated rings. The van der Waals surface area contributed by atoms with Gasteiger partial charge in [0.25, 0.3) is 0 Å². The molecule has 0 aliphatic heterocycles. The fourth-order valence-corrected chi connectivity index (χ4v) is 1.81. The van der Waals surface area contributed by atoms with Gasteiger partial charge in [-0.15, -0.1) is 11.3 Å². The Bertz CT molecular complexity index is 438. The van der Waals surface area contributed by atoms with E-state index in [2.05, 4.69) is 20.4 Å². The summed E-state index contributed by atoms with van der Waals surface area (Å²) >= 11 is 1.40. The topological polar surface area (TPSA) is 72.7 Å². The molecule has 2 rings (SSSR count). The first kappa shape index (κ1) is 10.7. The van der Waals surface area contributed by atoms with E-state index in [0.717, 1.165) is 0 Å². The highest BCUT2D eigenvalue weighted by molar-refractivity contribution is 7.13. The lowest BCUT2D eigenvalue weighted by molar-refractivity contribution is -0.116. The first-order chi connectivity index (χ1) is 7.75. The third-order valence-electron chi connectivity index (χ3n) is 2.05. The van der Waals surface area contributed by atoms with E-state index in [0.29, 0.717) is 11.6 Å². The normalized spacial score (nSPS) is 12.3. The number of carbonyl (C=O) groups is 1. The summed E-state index contributed by atoms with van der Waals surface area (Å²) in [6.07, 6.45) is 5.06. The molecule has 0 bridgehead atoms. The number of aromatic nitrogens is 4. The maximum absolute atomic E-state index is 11.6. The van der Waals surface area contributed by atoms with Crippen molar-refractivity contribution < 1.29 is 4.79 Å². The predicted molar refractivity (Wildman–Crippen MR) is 60.1 cm³/mol.